The van der Waals surface area contributed by atoms with Crippen molar-refractivity contribution in [3.05, 3.63) is 35.4 Å². The van der Waals surface area contributed by atoms with Gasteiger partial charge in [-0.05, 0) is 31.2 Å². The molecule has 0 aromatic heterocycles. The highest BCUT2D eigenvalue weighted by molar-refractivity contribution is 5.88. The van der Waals surface area contributed by atoms with Crippen molar-refractivity contribution < 1.29 is 9.63 Å². The Balaban J connectivity index is 2.08. The van der Waals surface area contributed by atoms with E-state index in [2.05, 4.69) is 38.4 Å². The van der Waals surface area contributed by atoms with Crippen LogP contribution in [0.1, 0.15) is 44.2 Å². The summed E-state index contributed by atoms with van der Waals surface area (Å²) < 4.78 is 0. The summed E-state index contributed by atoms with van der Waals surface area (Å²) >= 11 is 0. The van der Waals surface area contributed by atoms with Gasteiger partial charge in [0.05, 0.1) is 12.0 Å². The zero-order chi connectivity index (χ0) is 13.9. The van der Waals surface area contributed by atoms with Crippen LogP contribution in [-0.2, 0) is 15.0 Å². The van der Waals surface area contributed by atoms with E-state index in [1.807, 2.05) is 12.1 Å². The van der Waals surface area contributed by atoms with Gasteiger partial charge in [-0.15, -0.1) is 0 Å². The van der Waals surface area contributed by atoms with Gasteiger partial charge >= 0.3 is 0 Å². The molecule has 1 N–H and O–H groups in total. The highest BCUT2D eigenvalue weighted by Gasteiger charge is 2.45. The Morgan fingerprint density at radius 1 is 1.42 bits per heavy atom. The van der Waals surface area contributed by atoms with Crippen LogP contribution in [0.4, 0.5) is 0 Å². The number of benzene rings is 1. The molecule has 1 fully saturated rings. The number of carbonyl (C=O) groups is 1. The van der Waals surface area contributed by atoms with Crippen molar-refractivity contribution in [2.75, 3.05) is 6.61 Å². The maximum atomic E-state index is 12.4. The average molecular weight is 261 g/mol. The molecule has 0 saturated heterocycles. The monoisotopic (exact) mass is 261 g/mol. The molecule has 19 heavy (non-hydrogen) atoms. The summed E-state index contributed by atoms with van der Waals surface area (Å²) in [6.07, 6.45) is 2.92. The largest absolute Gasteiger partial charge is 0.273 e. The van der Waals surface area contributed by atoms with Gasteiger partial charge in [0.25, 0.3) is 5.91 Å². The Kier molecular flexibility index (Phi) is 4.25. The molecular weight excluding hydrogens is 238 g/mol. The summed E-state index contributed by atoms with van der Waals surface area (Å²) in [5, 5.41) is 0. The van der Waals surface area contributed by atoms with Crippen LogP contribution in [0.3, 0.4) is 0 Å². The summed E-state index contributed by atoms with van der Waals surface area (Å²) in [6.45, 7) is 6.73. The molecule has 2 rings (SSSR count). The molecule has 1 aliphatic rings. The Morgan fingerprint density at radius 2 is 2.16 bits per heavy atom. The maximum absolute atomic E-state index is 12.4. The molecule has 0 spiro atoms. The van der Waals surface area contributed by atoms with Gasteiger partial charge in [0.2, 0.25) is 0 Å². The molecule has 0 bridgehead atoms. The molecule has 3 heteroatoms. The molecule has 104 valence electrons. The fourth-order valence-corrected chi connectivity index (χ4v) is 2.49. The first-order chi connectivity index (χ1) is 9.04. The van der Waals surface area contributed by atoms with Crippen LogP contribution in [0.25, 0.3) is 0 Å². The fourth-order valence-electron chi connectivity index (χ4n) is 2.49. The van der Waals surface area contributed by atoms with Crippen molar-refractivity contribution in [2.45, 2.75) is 45.4 Å². The molecule has 0 aliphatic heterocycles. The number of hydroxylamine groups is 1. The molecule has 0 heterocycles. The third kappa shape index (κ3) is 2.98. The van der Waals surface area contributed by atoms with Crippen molar-refractivity contribution in [3.63, 3.8) is 0 Å². The molecule has 0 radical (unpaired) electrons. The van der Waals surface area contributed by atoms with Gasteiger partial charge in [-0.25, -0.2) is 5.48 Å². The smallest absolute Gasteiger partial charge is 0.254 e. The van der Waals surface area contributed by atoms with Crippen LogP contribution < -0.4 is 5.48 Å². The standard InChI is InChI=1S/C16H23NO2/c1-12(2)11-19-17-15(18)16(8-5-9-16)14-7-4-6-13(3)10-14/h4,6-7,10,12H,5,8-9,11H2,1-3H3,(H,17,18). The first-order valence-corrected chi connectivity index (χ1v) is 7.04. The third-order valence-corrected chi connectivity index (χ3v) is 3.79. The number of hydrogen-bond donors (Lipinski definition) is 1. The molecule has 1 aromatic carbocycles. The second kappa shape index (κ2) is 5.74. The number of carbonyl (C=O) groups excluding carboxylic acids is 1. The predicted octanol–water partition coefficient (Wildman–Crippen LogP) is 3.12. The quantitative estimate of drug-likeness (QED) is 0.827. The van der Waals surface area contributed by atoms with Gasteiger partial charge in [0.15, 0.2) is 0 Å². The summed E-state index contributed by atoms with van der Waals surface area (Å²) in [6, 6.07) is 8.24. The van der Waals surface area contributed by atoms with E-state index < -0.39 is 0 Å². The zero-order valence-corrected chi connectivity index (χ0v) is 12.0. The highest BCUT2D eigenvalue weighted by Crippen LogP contribution is 2.44. The van der Waals surface area contributed by atoms with Crippen molar-refractivity contribution >= 4 is 5.91 Å². The Hall–Kier alpha value is -1.35. The predicted molar refractivity (Wildman–Crippen MR) is 75.6 cm³/mol. The molecule has 1 amide bonds. The molecule has 3 nitrogen and oxygen atoms in total. The first kappa shape index (κ1) is 14.1. The van der Waals surface area contributed by atoms with E-state index in [0.29, 0.717) is 12.5 Å². The van der Waals surface area contributed by atoms with Crippen LogP contribution in [0.2, 0.25) is 0 Å². The normalized spacial score (nSPS) is 17.1. The lowest BCUT2D eigenvalue weighted by Gasteiger charge is -2.40. The molecule has 1 aliphatic carbocycles. The van der Waals surface area contributed by atoms with Crippen molar-refractivity contribution in [1.29, 1.82) is 0 Å². The summed E-state index contributed by atoms with van der Waals surface area (Å²) in [7, 11) is 0. The Morgan fingerprint density at radius 3 is 2.68 bits per heavy atom. The van der Waals surface area contributed by atoms with Crippen LogP contribution >= 0.6 is 0 Å². The molecule has 1 saturated carbocycles. The molecule has 0 atom stereocenters. The Labute approximate surface area is 115 Å². The van der Waals surface area contributed by atoms with E-state index in [-0.39, 0.29) is 11.3 Å². The lowest BCUT2D eigenvalue weighted by molar-refractivity contribution is -0.143. The van der Waals surface area contributed by atoms with Gasteiger partial charge in [-0.2, -0.15) is 0 Å². The fraction of sp³-hybridized carbons (Fsp3) is 0.562. The van der Waals surface area contributed by atoms with Crippen molar-refractivity contribution in [3.8, 4) is 0 Å². The third-order valence-electron chi connectivity index (χ3n) is 3.79. The minimum absolute atomic E-state index is 0.00463. The summed E-state index contributed by atoms with van der Waals surface area (Å²) in [5.74, 6) is 0.418. The number of aryl methyl sites for hydroxylation is 1. The second-order valence-electron chi connectivity index (χ2n) is 5.94. The van der Waals surface area contributed by atoms with Crippen LogP contribution in [0.5, 0.6) is 0 Å². The SMILES string of the molecule is Cc1cccc(C2(C(=O)NOCC(C)C)CCC2)c1. The topological polar surface area (TPSA) is 38.3 Å². The Bertz CT molecular complexity index is 450. The van der Waals surface area contributed by atoms with Gasteiger partial charge in [0, 0.05) is 0 Å². The summed E-state index contributed by atoms with van der Waals surface area (Å²) in [5.41, 5.74) is 4.57. The summed E-state index contributed by atoms with van der Waals surface area (Å²) in [4.78, 5) is 17.7. The van der Waals surface area contributed by atoms with Gasteiger partial charge < -0.3 is 0 Å². The maximum Gasteiger partial charge on any atom is 0.254 e. The van der Waals surface area contributed by atoms with Crippen molar-refractivity contribution in [2.24, 2.45) is 5.92 Å². The first-order valence-electron chi connectivity index (χ1n) is 7.04. The zero-order valence-electron chi connectivity index (χ0n) is 12.0. The van der Waals surface area contributed by atoms with Crippen LogP contribution in [0.15, 0.2) is 24.3 Å². The number of nitrogens with one attached hydrogen (secondary N) is 1. The molecule has 0 unspecified atom stereocenters. The van der Waals surface area contributed by atoms with Crippen molar-refractivity contribution in [1.82, 2.24) is 5.48 Å². The van der Waals surface area contributed by atoms with E-state index in [9.17, 15) is 4.79 Å². The molecule has 1 aromatic rings. The van der Waals surface area contributed by atoms with E-state index in [1.54, 1.807) is 0 Å². The highest BCUT2D eigenvalue weighted by atomic mass is 16.7. The van der Waals surface area contributed by atoms with E-state index in [1.165, 1.54) is 5.56 Å². The van der Waals surface area contributed by atoms with E-state index >= 15 is 0 Å². The van der Waals surface area contributed by atoms with Gasteiger partial charge in [0.1, 0.15) is 0 Å². The lowest BCUT2D eigenvalue weighted by Crippen LogP contribution is -2.49. The second-order valence-corrected chi connectivity index (χ2v) is 5.94. The van der Waals surface area contributed by atoms with Crippen LogP contribution in [0, 0.1) is 12.8 Å². The molecular formula is C16H23NO2. The minimum Gasteiger partial charge on any atom is -0.273 e. The van der Waals surface area contributed by atoms with Crippen LogP contribution in [-0.4, -0.2) is 12.5 Å². The lowest BCUT2D eigenvalue weighted by atomic mass is 9.64. The number of hydrogen-bond acceptors (Lipinski definition) is 2. The minimum atomic E-state index is -0.372. The number of rotatable bonds is 5. The number of amides is 1. The van der Waals surface area contributed by atoms with Gasteiger partial charge in [-0.1, -0.05) is 50.1 Å². The van der Waals surface area contributed by atoms with Gasteiger partial charge in [-0.3, -0.25) is 9.63 Å². The van der Waals surface area contributed by atoms with E-state index in [4.69, 9.17) is 4.84 Å². The average Bonchev–Trinajstić information content (AvgIpc) is 2.27. The van der Waals surface area contributed by atoms with E-state index in [0.717, 1.165) is 24.8 Å².